The van der Waals surface area contributed by atoms with Crippen LogP contribution in [0.3, 0.4) is 0 Å². The van der Waals surface area contributed by atoms with Crippen LogP contribution in [0.2, 0.25) is 16.6 Å². The predicted molar refractivity (Wildman–Crippen MR) is 156 cm³/mol. The third kappa shape index (κ3) is 5.44. The highest BCUT2D eigenvalue weighted by atomic mass is 32.2. The van der Waals surface area contributed by atoms with E-state index in [1.165, 1.54) is 42.2 Å². The second-order valence-electron chi connectivity index (χ2n) is 11.5. The van der Waals surface area contributed by atoms with Gasteiger partial charge in [-0.2, -0.15) is 21.6 Å². The maximum absolute atomic E-state index is 13.5. The molecule has 0 atom stereocenters. The summed E-state index contributed by atoms with van der Waals surface area (Å²) in [4.78, 5) is 4.56. The molecule has 1 N–H and O–H groups in total. The van der Waals surface area contributed by atoms with Crippen molar-refractivity contribution in [2.45, 2.75) is 70.1 Å². The molecule has 7 nitrogen and oxygen atoms in total. The van der Waals surface area contributed by atoms with Crippen molar-refractivity contribution in [1.82, 2.24) is 9.55 Å². The molecule has 0 aliphatic rings. The average molecular weight is 627 g/mol. The zero-order valence-corrected chi connectivity index (χ0v) is 26.2. The smallest absolute Gasteiger partial charge is 0.534 e. The number of nitrogens with zero attached hydrogens (tertiary/aromatic N) is 2. The largest absolute Gasteiger partial charge is 0.541 e. The number of benzene rings is 2. The van der Waals surface area contributed by atoms with Gasteiger partial charge < -0.3 is 18.3 Å². The summed E-state index contributed by atoms with van der Waals surface area (Å²) in [7, 11) is -7.35. The van der Waals surface area contributed by atoms with Gasteiger partial charge in [0, 0.05) is 24.8 Å². The lowest BCUT2D eigenvalue weighted by Gasteiger charge is -2.42. The van der Waals surface area contributed by atoms with Crippen LogP contribution in [0.25, 0.3) is 21.7 Å². The monoisotopic (exact) mass is 626 g/mol. The molecule has 228 valence electrons. The lowest BCUT2D eigenvalue weighted by atomic mass is 10.0. The molecule has 0 unspecified atom stereocenters. The van der Waals surface area contributed by atoms with Gasteiger partial charge in [0.1, 0.15) is 17.1 Å². The van der Waals surface area contributed by atoms with Crippen molar-refractivity contribution in [1.29, 1.82) is 0 Å². The number of fused-ring (bicyclic) bond motifs is 2. The first-order valence-corrected chi connectivity index (χ1v) is 17.0. The fourth-order valence-electron chi connectivity index (χ4n) is 5.95. The maximum Gasteiger partial charge on any atom is 0.534 e. The second-order valence-corrected chi connectivity index (χ2v) is 18.4. The van der Waals surface area contributed by atoms with Crippen LogP contribution in [-0.4, -0.2) is 36.9 Å². The Morgan fingerprint density at radius 3 is 2.05 bits per heavy atom. The van der Waals surface area contributed by atoms with Crippen LogP contribution in [0.1, 0.15) is 52.7 Å². The highest BCUT2D eigenvalue weighted by Crippen LogP contribution is 2.51. The van der Waals surface area contributed by atoms with E-state index in [2.05, 4.69) is 46.5 Å². The Bertz CT molecular complexity index is 1710. The predicted octanol–water partition coefficient (Wildman–Crippen LogP) is 7.94. The minimum atomic E-state index is -6.09. The highest BCUT2D eigenvalue weighted by molar-refractivity contribution is 7.88. The molecule has 0 aliphatic carbocycles. The van der Waals surface area contributed by atoms with Crippen molar-refractivity contribution in [3.8, 4) is 17.4 Å². The van der Waals surface area contributed by atoms with Gasteiger partial charge in [0.15, 0.2) is 5.75 Å². The van der Waals surface area contributed by atoms with E-state index in [1.54, 1.807) is 12.1 Å². The molecule has 13 heteroatoms. The van der Waals surface area contributed by atoms with E-state index in [0.29, 0.717) is 11.1 Å². The van der Waals surface area contributed by atoms with Gasteiger partial charge in [-0.25, -0.2) is 4.39 Å². The minimum absolute atomic E-state index is 0.00924. The van der Waals surface area contributed by atoms with Crippen LogP contribution in [0, 0.1) is 5.82 Å². The summed E-state index contributed by atoms with van der Waals surface area (Å²) in [5.41, 5.74) is -4.17. The summed E-state index contributed by atoms with van der Waals surface area (Å²) in [5.74, 6) is -1.23. The Balaban J connectivity index is 2.10. The van der Waals surface area contributed by atoms with Gasteiger partial charge in [-0.1, -0.05) is 53.7 Å². The van der Waals surface area contributed by atoms with E-state index < -0.39 is 35.5 Å². The number of rotatable bonds is 9. The van der Waals surface area contributed by atoms with Gasteiger partial charge >= 0.3 is 15.6 Å². The molecular weight excluding hydrogens is 592 g/mol. The first kappa shape index (κ1) is 31.6. The number of aromatic nitrogens is 2. The zero-order chi connectivity index (χ0) is 31.4. The molecule has 0 saturated carbocycles. The normalized spacial score (nSPS) is 13.2. The summed E-state index contributed by atoms with van der Waals surface area (Å²) in [6.45, 7) is 12.3. The summed E-state index contributed by atoms with van der Waals surface area (Å²) in [6.07, 6.45) is 3.02. The molecule has 0 fully saturated rings. The topological polar surface area (TPSA) is 90.7 Å². The minimum Gasteiger partial charge on any atom is -0.541 e. The van der Waals surface area contributed by atoms with Crippen LogP contribution in [0.4, 0.5) is 17.6 Å². The van der Waals surface area contributed by atoms with Crippen LogP contribution in [-0.2, 0) is 23.6 Å². The van der Waals surface area contributed by atoms with Crippen LogP contribution in [0.5, 0.6) is 17.4 Å². The van der Waals surface area contributed by atoms with E-state index in [1.807, 2.05) is 0 Å². The molecule has 0 radical (unpaired) electrons. The van der Waals surface area contributed by atoms with Crippen molar-refractivity contribution in [2.75, 3.05) is 0 Å². The van der Waals surface area contributed by atoms with Crippen molar-refractivity contribution in [3.05, 3.63) is 59.7 Å². The molecule has 0 saturated heterocycles. The van der Waals surface area contributed by atoms with Gasteiger partial charge in [-0.3, -0.25) is 4.98 Å². The Kier molecular flexibility index (Phi) is 8.33. The van der Waals surface area contributed by atoms with Crippen molar-refractivity contribution in [3.63, 3.8) is 0 Å². The summed E-state index contributed by atoms with van der Waals surface area (Å²) >= 11 is 0. The maximum atomic E-state index is 13.5. The van der Waals surface area contributed by atoms with Gasteiger partial charge in [-0.05, 0) is 52.4 Å². The molecule has 2 aromatic heterocycles. The molecule has 2 aromatic carbocycles. The molecule has 4 rings (SSSR count). The average Bonchev–Trinajstić information content (AvgIpc) is 3.17. The van der Waals surface area contributed by atoms with Gasteiger partial charge in [-0.15, -0.1) is 0 Å². The van der Waals surface area contributed by atoms with Crippen LogP contribution < -0.4 is 8.61 Å². The first-order valence-electron chi connectivity index (χ1n) is 13.5. The van der Waals surface area contributed by atoms with Gasteiger partial charge in [0.05, 0.1) is 10.8 Å². The number of halogens is 4. The highest BCUT2D eigenvalue weighted by Gasteiger charge is 2.50. The Morgan fingerprint density at radius 1 is 0.952 bits per heavy atom. The number of aromatic hydroxyl groups is 1. The molecule has 0 amide bonds. The molecule has 4 aromatic rings. The SMILES string of the molecule is CC(C)[Si](Oc1c2ncc(Cc3ccc(F)cc3)cc2c(OS(=O)(=O)C(F)(F)F)c2cn(C)c(O)c12)(C(C)C)C(C)C. The molecular formula is C29H34F4N2O5SSi. The standard InChI is InChI=1S/C29H34F4N2O5SSi/c1-16(2)42(17(3)4,18(5)6)40-27-24-23(15-35(7)28(24)36)26(39-41(37,38)29(31,32)33)22-13-20(14-34-25(22)27)12-19-8-10-21(30)11-9-19/h8-11,13-18,36H,12H2,1-7H3. The van der Waals surface area contributed by atoms with E-state index in [4.69, 9.17) is 8.61 Å². The Morgan fingerprint density at radius 2 is 1.52 bits per heavy atom. The number of pyridine rings is 1. The molecule has 42 heavy (non-hydrogen) atoms. The van der Waals surface area contributed by atoms with Crippen molar-refractivity contribution >= 4 is 40.1 Å². The number of hydrogen-bond donors (Lipinski definition) is 1. The number of hydrogen-bond acceptors (Lipinski definition) is 6. The summed E-state index contributed by atoms with van der Waals surface area (Å²) in [5, 5.41) is 11.0. The molecule has 0 aliphatic heterocycles. The van der Waals surface area contributed by atoms with E-state index in [9.17, 15) is 31.1 Å². The fourth-order valence-corrected chi connectivity index (χ4v) is 11.7. The zero-order valence-electron chi connectivity index (χ0n) is 24.4. The molecule has 2 heterocycles. The third-order valence-corrected chi connectivity index (χ3v) is 14.7. The second kappa shape index (κ2) is 11.1. The van der Waals surface area contributed by atoms with Crippen molar-refractivity contribution in [2.24, 2.45) is 7.05 Å². The molecule has 0 bridgehead atoms. The number of aryl methyl sites for hydroxylation is 1. The Hall–Kier alpha value is -3.32. The Labute approximate surface area is 243 Å². The summed E-state index contributed by atoms with van der Waals surface area (Å²) in [6, 6.07) is 7.18. The van der Waals surface area contributed by atoms with Gasteiger partial charge in [0.2, 0.25) is 5.88 Å². The summed E-state index contributed by atoms with van der Waals surface area (Å²) < 4.78 is 91.7. The molecule has 0 spiro atoms. The number of alkyl halides is 3. The quantitative estimate of drug-likeness (QED) is 0.0878. The fraction of sp³-hybridized carbons (Fsp3) is 0.414. The van der Waals surface area contributed by atoms with Gasteiger partial charge in [0.25, 0.3) is 8.32 Å². The van der Waals surface area contributed by atoms with Crippen molar-refractivity contribution < 1.29 is 39.7 Å². The van der Waals surface area contributed by atoms with E-state index >= 15 is 0 Å². The lowest BCUT2D eigenvalue weighted by Crippen LogP contribution is -2.50. The first-order chi connectivity index (χ1) is 19.4. The lowest BCUT2D eigenvalue weighted by molar-refractivity contribution is -0.0499. The van der Waals surface area contributed by atoms with Crippen LogP contribution in [0.15, 0.2) is 42.7 Å². The third-order valence-electron chi connectivity index (χ3n) is 7.81. The van der Waals surface area contributed by atoms with E-state index in [-0.39, 0.29) is 56.3 Å². The van der Waals surface area contributed by atoms with Crippen LogP contribution >= 0.6 is 0 Å². The van der Waals surface area contributed by atoms with E-state index in [0.717, 1.165) is 0 Å².